The number of anilines is 2. The molecule has 204 valence electrons. The van der Waals surface area contributed by atoms with Gasteiger partial charge in [0.2, 0.25) is 17.7 Å². The van der Waals surface area contributed by atoms with Crippen molar-refractivity contribution in [1.82, 2.24) is 10.6 Å². The second-order valence-corrected chi connectivity index (χ2v) is 13.5. The van der Waals surface area contributed by atoms with Crippen LogP contribution in [0.2, 0.25) is 0 Å². The highest BCUT2D eigenvalue weighted by Gasteiger charge is 2.39. The van der Waals surface area contributed by atoms with Crippen molar-refractivity contribution in [1.29, 1.82) is 0 Å². The van der Waals surface area contributed by atoms with Gasteiger partial charge in [0.15, 0.2) is 0 Å². The molecule has 0 aliphatic carbocycles. The number of benzene rings is 1. The predicted molar refractivity (Wildman–Crippen MR) is 157 cm³/mol. The summed E-state index contributed by atoms with van der Waals surface area (Å²) in [7, 11) is 0. The van der Waals surface area contributed by atoms with E-state index in [1.165, 1.54) is 0 Å². The van der Waals surface area contributed by atoms with Crippen LogP contribution in [0, 0.1) is 5.92 Å². The average Bonchev–Trinajstić information content (AvgIpc) is 3.51. The molecule has 1 fully saturated rings. The third-order valence-corrected chi connectivity index (χ3v) is 7.95. The Morgan fingerprint density at radius 1 is 1.26 bits per heavy atom. The third-order valence-electron chi connectivity index (χ3n) is 6.73. The lowest BCUT2D eigenvalue weighted by Gasteiger charge is -2.37. The molecular formula is C27H34IN5O4S. The number of alkyl halides is 1. The highest BCUT2D eigenvalue weighted by Crippen LogP contribution is 2.40. The van der Waals surface area contributed by atoms with Gasteiger partial charge >= 0.3 is 0 Å². The van der Waals surface area contributed by atoms with Gasteiger partial charge in [-0.25, -0.2) is 0 Å². The number of nitrogens with one attached hydrogen (secondary N) is 2. The Morgan fingerprint density at radius 2 is 2.03 bits per heavy atom. The van der Waals surface area contributed by atoms with Gasteiger partial charge < -0.3 is 26.2 Å². The summed E-state index contributed by atoms with van der Waals surface area (Å²) in [4.78, 5) is 56.0. The van der Waals surface area contributed by atoms with Gasteiger partial charge in [-0.3, -0.25) is 19.2 Å². The van der Waals surface area contributed by atoms with Crippen molar-refractivity contribution in [3.8, 4) is 0 Å². The number of nitrogens with zero attached hydrogens (tertiary/aromatic N) is 2. The van der Waals surface area contributed by atoms with Crippen molar-refractivity contribution in [3.05, 3.63) is 46.2 Å². The summed E-state index contributed by atoms with van der Waals surface area (Å²) in [6, 6.07) is 6.04. The van der Waals surface area contributed by atoms with E-state index in [4.69, 9.17) is 5.73 Å². The van der Waals surface area contributed by atoms with E-state index in [9.17, 15) is 19.2 Å². The monoisotopic (exact) mass is 651 g/mol. The maximum atomic E-state index is 13.9. The molecule has 2 aliphatic heterocycles. The van der Waals surface area contributed by atoms with Gasteiger partial charge in [0.05, 0.1) is 17.9 Å². The average molecular weight is 652 g/mol. The standard InChI is InChI=1S/C27H34IN5O4S/c1-16(2)12-19(31-26(37)27(3,28)29)24(35)30-20-13-18-6-4-7-21(32-10-5-8-22(32)34)23(18)33(25(20)36)14-17-9-11-38-15-17/h4,6-7,9,11,15-16,19-20H,5,8,10,12-14,29H2,1-3H3,(H,30,35)(H,31,37)/t19-,20?,27+/m1/s1. The van der Waals surface area contributed by atoms with Gasteiger partial charge in [-0.15, -0.1) is 0 Å². The Hall–Kier alpha value is -2.51. The summed E-state index contributed by atoms with van der Waals surface area (Å²) in [5.74, 6) is -0.939. The van der Waals surface area contributed by atoms with E-state index < -0.39 is 27.4 Å². The molecule has 2 aromatic rings. The number of hydrogen-bond donors (Lipinski definition) is 3. The Morgan fingerprint density at radius 3 is 2.63 bits per heavy atom. The molecule has 3 heterocycles. The van der Waals surface area contributed by atoms with Crippen molar-refractivity contribution in [3.63, 3.8) is 0 Å². The molecule has 0 saturated carbocycles. The zero-order chi connectivity index (χ0) is 27.6. The summed E-state index contributed by atoms with van der Waals surface area (Å²) in [5.41, 5.74) is 9.24. The predicted octanol–water partition coefficient (Wildman–Crippen LogP) is 3.09. The van der Waals surface area contributed by atoms with Gasteiger partial charge in [-0.1, -0.05) is 48.6 Å². The molecule has 11 heteroatoms. The zero-order valence-corrected chi connectivity index (χ0v) is 24.8. The van der Waals surface area contributed by atoms with Crippen LogP contribution in [-0.2, 0) is 32.1 Å². The maximum absolute atomic E-state index is 13.9. The molecular weight excluding hydrogens is 617 g/mol. The molecule has 9 nitrogen and oxygen atoms in total. The van der Waals surface area contributed by atoms with Gasteiger partial charge in [-0.05, 0) is 59.7 Å². The molecule has 1 saturated heterocycles. The number of nitrogens with two attached hydrogens (primary N) is 1. The second-order valence-electron chi connectivity index (χ2n) is 10.5. The highest BCUT2D eigenvalue weighted by molar-refractivity contribution is 14.1. The molecule has 2 aliphatic rings. The van der Waals surface area contributed by atoms with E-state index in [1.807, 2.05) is 71.5 Å². The van der Waals surface area contributed by atoms with E-state index in [0.29, 0.717) is 32.4 Å². The molecule has 1 aromatic carbocycles. The topological polar surface area (TPSA) is 125 Å². The van der Waals surface area contributed by atoms with Crippen molar-refractivity contribution in [2.24, 2.45) is 11.7 Å². The molecule has 38 heavy (non-hydrogen) atoms. The molecule has 0 radical (unpaired) electrons. The minimum atomic E-state index is -1.17. The van der Waals surface area contributed by atoms with Crippen LogP contribution in [0.1, 0.15) is 51.2 Å². The molecule has 0 bridgehead atoms. The van der Waals surface area contributed by atoms with Gasteiger partial charge in [0.1, 0.15) is 15.6 Å². The fourth-order valence-electron chi connectivity index (χ4n) is 4.89. The van der Waals surface area contributed by atoms with Crippen LogP contribution in [0.15, 0.2) is 35.0 Å². The van der Waals surface area contributed by atoms with Crippen molar-refractivity contribution >= 4 is 68.9 Å². The molecule has 1 aromatic heterocycles. The first-order valence-corrected chi connectivity index (χ1v) is 14.8. The Balaban J connectivity index is 1.64. The summed E-state index contributed by atoms with van der Waals surface area (Å²) >= 11 is 3.38. The minimum Gasteiger partial charge on any atom is -0.342 e. The lowest BCUT2D eigenvalue weighted by atomic mass is 9.94. The first kappa shape index (κ1) is 28.5. The molecule has 4 rings (SSSR count). The smallest absolute Gasteiger partial charge is 0.250 e. The van der Waals surface area contributed by atoms with Crippen LogP contribution in [-0.4, -0.2) is 45.8 Å². The first-order valence-electron chi connectivity index (χ1n) is 12.8. The number of hydrogen-bond acceptors (Lipinski definition) is 6. The van der Waals surface area contributed by atoms with E-state index in [2.05, 4.69) is 10.6 Å². The maximum Gasteiger partial charge on any atom is 0.250 e. The van der Waals surface area contributed by atoms with E-state index in [0.717, 1.165) is 28.9 Å². The lowest BCUT2D eigenvalue weighted by Crippen LogP contribution is -2.59. The van der Waals surface area contributed by atoms with Crippen LogP contribution in [0.5, 0.6) is 0 Å². The molecule has 4 amide bonds. The Labute approximate surface area is 240 Å². The van der Waals surface area contributed by atoms with E-state index in [1.54, 1.807) is 28.1 Å². The fraction of sp³-hybridized carbons (Fsp3) is 0.481. The van der Waals surface area contributed by atoms with Gasteiger partial charge in [0, 0.05) is 19.4 Å². The third kappa shape index (κ3) is 6.37. The van der Waals surface area contributed by atoms with Crippen molar-refractivity contribution < 1.29 is 19.2 Å². The Bertz CT molecular complexity index is 1210. The van der Waals surface area contributed by atoms with Crippen LogP contribution < -0.4 is 26.2 Å². The quantitative estimate of drug-likeness (QED) is 0.219. The van der Waals surface area contributed by atoms with Crippen LogP contribution in [0.4, 0.5) is 11.4 Å². The second kappa shape index (κ2) is 11.7. The highest BCUT2D eigenvalue weighted by atomic mass is 127. The van der Waals surface area contributed by atoms with Crippen molar-refractivity contribution in [2.75, 3.05) is 16.3 Å². The number of halogens is 1. The van der Waals surface area contributed by atoms with Gasteiger partial charge in [0.25, 0.3) is 5.91 Å². The molecule has 0 spiro atoms. The van der Waals surface area contributed by atoms with Crippen molar-refractivity contribution in [2.45, 2.75) is 68.6 Å². The summed E-state index contributed by atoms with van der Waals surface area (Å²) in [5, 5.41) is 9.61. The van der Waals surface area contributed by atoms with E-state index >= 15 is 0 Å². The number of para-hydroxylation sites is 1. The number of thiophene rings is 1. The SMILES string of the molecule is CC(C)C[C@@H](NC(=O)[C@](C)(N)I)C(=O)NC1Cc2cccc(N3CCCC3=O)c2N(Cc2ccsc2)C1=O. The Kier molecular flexibility index (Phi) is 8.78. The van der Waals surface area contributed by atoms with Crippen LogP contribution >= 0.6 is 33.9 Å². The summed E-state index contributed by atoms with van der Waals surface area (Å²) in [6.07, 6.45) is 1.96. The van der Waals surface area contributed by atoms with Crippen LogP contribution in [0.25, 0.3) is 0 Å². The number of carbonyl (C=O) groups excluding carboxylic acids is 4. The minimum absolute atomic E-state index is 0.0474. The first-order chi connectivity index (χ1) is 18.0. The molecule has 3 atom stereocenters. The fourth-order valence-corrected chi connectivity index (χ4v) is 5.71. The number of carbonyl (C=O) groups is 4. The van der Waals surface area contributed by atoms with E-state index in [-0.39, 0.29) is 17.7 Å². The largest absolute Gasteiger partial charge is 0.342 e. The number of amides is 4. The summed E-state index contributed by atoms with van der Waals surface area (Å²) < 4.78 is -1.17. The normalized spacial score (nSPS) is 19.8. The van der Waals surface area contributed by atoms with Gasteiger partial charge in [-0.2, -0.15) is 11.3 Å². The molecule has 4 N–H and O–H groups in total. The number of fused-ring (bicyclic) bond motifs is 1. The summed E-state index contributed by atoms with van der Waals surface area (Å²) in [6.45, 7) is 6.43. The molecule has 1 unspecified atom stereocenters. The lowest BCUT2D eigenvalue weighted by molar-refractivity contribution is -0.132. The number of rotatable bonds is 9. The van der Waals surface area contributed by atoms with Crippen LogP contribution in [0.3, 0.4) is 0 Å². The zero-order valence-electron chi connectivity index (χ0n) is 21.8.